The summed E-state index contributed by atoms with van der Waals surface area (Å²) in [6, 6.07) is 5.69. The minimum atomic E-state index is -0.399. The van der Waals surface area contributed by atoms with Crippen LogP contribution in [0.5, 0.6) is 0 Å². The maximum absolute atomic E-state index is 11.5. The minimum Gasteiger partial charge on any atom is -0.371 e. The van der Waals surface area contributed by atoms with Gasteiger partial charge >= 0.3 is 0 Å². The van der Waals surface area contributed by atoms with Crippen LogP contribution in [0.25, 0.3) is 0 Å². The van der Waals surface area contributed by atoms with E-state index >= 15 is 0 Å². The van der Waals surface area contributed by atoms with Gasteiger partial charge in [0.2, 0.25) is 0 Å². The largest absolute Gasteiger partial charge is 0.371 e. The van der Waals surface area contributed by atoms with Crippen LogP contribution in [0.1, 0.15) is 16.8 Å². The highest BCUT2D eigenvalue weighted by atomic mass is 79.9. The van der Waals surface area contributed by atoms with E-state index in [1.54, 1.807) is 0 Å². The van der Waals surface area contributed by atoms with Crippen molar-refractivity contribution in [2.45, 2.75) is 6.42 Å². The van der Waals surface area contributed by atoms with Crippen LogP contribution >= 0.6 is 15.9 Å². The van der Waals surface area contributed by atoms with E-state index in [9.17, 15) is 4.79 Å². The Labute approximate surface area is 109 Å². The summed E-state index contributed by atoms with van der Waals surface area (Å²) in [6.45, 7) is 2.52. The van der Waals surface area contributed by atoms with Crippen molar-refractivity contribution in [1.29, 1.82) is 0 Å². The van der Waals surface area contributed by atoms with Crippen LogP contribution in [0.2, 0.25) is 0 Å². The van der Waals surface area contributed by atoms with Gasteiger partial charge in [-0.05, 0) is 46.9 Å². The summed E-state index contributed by atoms with van der Waals surface area (Å²) in [5.74, 6) is 0.110. The molecule has 0 spiro atoms. The van der Waals surface area contributed by atoms with Crippen LogP contribution in [0.15, 0.2) is 22.7 Å². The second kappa shape index (κ2) is 5.06. The van der Waals surface area contributed by atoms with Crippen molar-refractivity contribution >= 4 is 27.5 Å². The van der Waals surface area contributed by atoms with Crippen molar-refractivity contribution in [2.24, 2.45) is 17.4 Å². The van der Waals surface area contributed by atoms with Gasteiger partial charge in [-0.25, -0.2) is 0 Å². The lowest BCUT2D eigenvalue weighted by Crippen LogP contribution is -2.26. The van der Waals surface area contributed by atoms with Crippen LogP contribution < -0.4 is 16.4 Å². The average Bonchev–Trinajstić information content (AvgIpc) is 2.76. The van der Waals surface area contributed by atoms with Crippen molar-refractivity contribution in [1.82, 2.24) is 0 Å². The van der Waals surface area contributed by atoms with Gasteiger partial charge in [0.05, 0.1) is 11.3 Å². The summed E-state index contributed by atoms with van der Waals surface area (Å²) in [7, 11) is 0. The fourth-order valence-electron chi connectivity index (χ4n) is 2.26. The quantitative estimate of drug-likeness (QED) is 0.884. The lowest BCUT2D eigenvalue weighted by molar-refractivity contribution is 0.1000. The number of primary amides is 1. The maximum atomic E-state index is 11.5. The molecule has 5 heteroatoms. The summed E-state index contributed by atoms with van der Waals surface area (Å²) in [5, 5.41) is 0. The van der Waals surface area contributed by atoms with Gasteiger partial charge in [0.1, 0.15) is 0 Å². The van der Waals surface area contributed by atoms with Gasteiger partial charge in [0, 0.05) is 17.6 Å². The zero-order valence-corrected chi connectivity index (χ0v) is 11.1. The number of carbonyl (C=O) groups is 1. The first-order valence-electron chi connectivity index (χ1n) is 5.66. The topological polar surface area (TPSA) is 72.3 Å². The molecule has 1 saturated heterocycles. The Hall–Kier alpha value is -1.07. The summed E-state index contributed by atoms with van der Waals surface area (Å²) >= 11 is 3.37. The van der Waals surface area contributed by atoms with Crippen LogP contribution in [-0.2, 0) is 0 Å². The monoisotopic (exact) mass is 297 g/mol. The van der Waals surface area contributed by atoms with Gasteiger partial charge < -0.3 is 16.4 Å². The minimum absolute atomic E-state index is 0.399. The Balaban J connectivity index is 2.33. The zero-order chi connectivity index (χ0) is 12.4. The van der Waals surface area contributed by atoms with Gasteiger partial charge in [-0.3, -0.25) is 4.79 Å². The molecule has 4 nitrogen and oxygen atoms in total. The predicted molar refractivity (Wildman–Crippen MR) is 72.0 cm³/mol. The standard InChI is InChI=1S/C12H16BrN3O/c13-9-2-1-3-10(11(9)12(15)17)16-5-4-8(6-14)7-16/h1-3,8H,4-7,14H2,(H2,15,17). The van der Waals surface area contributed by atoms with Gasteiger partial charge in [0.15, 0.2) is 0 Å². The molecule has 1 heterocycles. The van der Waals surface area contributed by atoms with E-state index in [0.29, 0.717) is 18.0 Å². The maximum Gasteiger partial charge on any atom is 0.251 e. The second-order valence-electron chi connectivity index (χ2n) is 4.33. The van der Waals surface area contributed by atoms with Crippen molar-refractivity contribution in [2.75, 3.05) is 24.5 Å². The second-order valence-corrected chi connectivity index (χ2v) is 5.19. The van der Waals surface area contributed by atoms with Crippen molar-refractivity contribution in [3.63, 3.8) is 0 Å². The molecule has 92 valence electrons. The number of nitrogens with zero attached hydrogens (tertiary/aromatic N) is 1. The van der Waals surface area contributed by atoms with E-state index in [1.165, 1.54) is 0 Å². The molecule has 4 N–H and O–H groups in total. The lowest BCUT2D eigenvalue weighted by Gasteiger charge is -2.21. The van der Waals surface area contributed by atoms with Gasteiger partial charge in [0.25, 0.3) is 5.91 Å². The van der Waals surface area contributed by atoms with E-state index in [-0.39, 0.29) is 0 Å². The molecule has 1 atom stereocenters. The van der Waals surface area contributed by atoms with Crippen molar-refractivity contribution in [3.05, 3.63) is 28.2 Å². The number of hydrogen-bond acceptors (Lipinski definition) is 3. The third-order valence-corrected chi connectivity index (χ3v) is 3.86. The van der Waals surface area contributed by atoms with E-state index in [1.807, 2.05) is 18.2 Å². The molecule has 0 aromatic heterocycles. The Morgan fingerprint density at radius 3 is 2.88 bits per heavy atom. The molecule has 1 fully saturated rings. The Bertz CT molecular complexity index is 436. The molecule has 2 rings (SSSR count). The molecule has 1 aliphatic rings. The molecule has 1 unspecified atom stereocenters. The van der Waals surface area contributed by atoms with Crippen LogP contribution in [-0.4, -0.2) is 25.5 Å². The molecule has 1 aromatic carbocycles. The molecule has 0 radical (unpaired) electrons. The molecule has 0 bridgehead atoms. The molecule has 1 aliphatic heterocycles. The van der Waals surface area contributed by atoms with Crippen molar-refractivity contribution in [3.8, 4) is 0 Å². The zero-order valence-electron chi connectivity index (χ0n) is 9.53. The number of amides is 1. The number of anilines is 1. The van der Waals surface area contributed by atoms with Crippen LogP contribution in [0.3, 0.4) is 0 Å². The number of halogens is 1. The first-order chi connectivity index (χ1) is 8.13. The summed E-state index contributed by atoms with van der Waals surface area (Å²) < 4.78 is 0.749. The van der Waals surface area contributed by atoms with Crippen LogP contribution in [0, 0.1) is 5.92 Å². The molecule has 17 heavy (non-hydrogen) atoms. The number of hydrogen-bond donors (Lipinski definition) is 2. The van der Waals surface area contributed by atoms with E-state index < -0.39 is 5.91 Å². The van der Waals surface area contributed by atoms with Gasteiger partial charge in [-0.1, -0.05) is 6.07 Å². The first kappa shape index (κ1) is 12.4. The molecular weight excluding hydrogens is 282 g/mol. The molecule has 0 aliphatic carbocycles. The first-order valence-corrected chi connectivity index (χ1v) is 6.46. The van der Waals surface area contributed by atoms with Crippen LogP contribution in [0.4, 0.5) is 5.69 Å². The number of rotatable bonds is 3. The highest BCUT2D eigenvalue weighted by molar-refractivity contribution is 9.10. The highest BCUT2D eigenvalue weighted by Gasteiger charge is 2.25. The third-order valence-electron chi connectivity index (χ3n) is 3.20. The third kappa shape index (κ3) is 2.45. The summed E-state index contributed by atoms with van der Waals surface area (Å²) in [5.41, 5.74) is 12.6. The van der Waals surface area contributed by atoms with E-state index in [2.05, 4.69) is 20.8 Å². The number of carbonyl (C=O) groups excluding carboxylic acids is 1. The number of benzene rings is 1. The lowest BCUT2D eigenvalue weighted by atomic mass is 10.1. The average molecular weight is 298 g/mol. The fourth-order valence-corrected chi connectivity index (χ4v) is 2.82. The predicted octanol–water partition coefficient (Wildman–Crippen LogP) is 1.33. The summed E-state index contributed by atoms with van der Waals surface area (Å²) in [4.78, 5) is 13.7. The van der Waals surface area contributed by atoms with Crippen molar-refractivity contribution < 1.29 is 4.79 Å². The summed E-state index contributed by atoms with van der Waals surface area (Å²) in [6.07, 6.45) is 1.07. The molecular formula is C12H16BrN3O. The molecule has 1 aromatic rings. The SMILES string of the molecule is NCC1CCN(c2cccc(Br)c2C(N)=O)C1. The normalized spacial score (nSPS) is 19.6. The van der Waals surface area contributed by atoms with Gasteiger partial charge in [-0.15, -0.1) is 0 Å². The van der Waals surface area contributed by atoms with Gasteiger partial charge in [-0.2, -0.15) is 0 Å². The molecule has 1 amide bonds. The fraction of sp³-hybridized carbons (Fsp3) is 0.417. The van der Waals surface area contributed by atoms with E-state index in [0.717, 1.165) is 29.7 Å². The molecule has 0 saturated carbocycles. The highest BCUT2D eigenvalue weighted by Crippen LogP contribution is 2.31. The Morgan fingerprint density at radius 2 is 2.29 bits per heavy atom. The van der Waals surface area contributed by atoms with E-state index in [4.69, 9.17) is 11.5 Å². The Morgan fingerprint density at radius 1 is 1.53 bits per heavy atom. The Kier molecular flexibility index (Phi) is 3.69. The smallest absolute Gasteiger partial charge is 0.251 e. The number of nitrogens with two attached hydrogens (primary N) is 2.